The van der Waals surface area contributed by atoms with Gasteiger partial charge in [0.15, 0.2) is 0 Å². The van der Waals surface area contributed by atoms with Gasteiger partial charge in [0.05, 0.1) is 24.2 Å². The van der Waals surface area contributed by atoms with E-state index in [0.717, 1.165) is 28.1 Å². The highest BCUT2D eigenvalue weighted by Gasteiger charge is 2.10. The zero-order chi connectivity index (χ0) is 19.2. The monoisotopic (exact) mass is 368 g/mol. The van der Waals surface area contributed by atoms with Gasteiger partial charge < -0.3 is 15.2 Å². The number of hydrogen-bond donors (Lipinski definition) is 3. The second-order valence-corrected chi connectivity index (χ2v) is 6.22. The number of rotatable bonds is 8. The summed E-state index contributed by atoms with van der Waals surface area (Å²) in [5.74, 6) is 0.508. The van der Waals surface area contributed by atoms with E-state index in [2.05, 4.69) is 25.7 Å². The van der Waals surface area contributed by atoms with Crippen molar-refractivity contribution < 1.29 is 9.84 Å². The summed E-state index contributed by atoms with van der Waals surface area (Å²) in [6, 6.07) is 7.66. The molecule has 8 nitrogen and oxygen atoms in total. The summed E-state index contributed by atoms with van der Waals surface area (Å²) in [7, 11) is 3.48. The Bertz CT molecular complexity index is 878. The van der Waals surface area contributed by atoms with E-state index in [1.165, 1.54) is 0 Å². The molecule has 0 spiro atoms. The molecule has 3 aromatic rings. The molecule has 1 aromatic carbocycles. The predicted octanol–water partition coefficient (Wildman–Crippen LogP) is 2.16. The smallest absolute Gasteiger partial charge is 0.227 e. The minimum atomic E-state index is -0.733. The molecule has 0 fully saturated rings. The summed E-state index contributed by atoms with van der Waals surface area (Å²) >= 11 is 0. The normalized spacial score (nSPS) is 12.1. The zero-order valence-corrected chi connectivity index (χ0v) is 15.7. The number of aromatic nitrogens is 4. The van der Waals surface area contributed by atoms with Crippen LogP contribution in [0.2, 0.25) is 0 Å². The lowest BCUT2D eigenvalue weighted by molar-refractivity contribution is 0.119. The third-order valence-corrected chi connectivity index (χ3v) is 4.08. The van der Waals surface area contributed by atoms with E-state index < -0.39 is 6.23 Å². The van der Waals surface area contributed by atoms with Gasteiger partial charge in [0.25, 0.3) is 0 Å². The van der Waals surface area contributed by atoms with Crippen LogP contribution in [0.4, 0.5) is 11.6 Å². The van der Waals surface area contributed by atoms with Gasteiger partial charge in [0.1, 0.15) is 6.23 Å². The van der Waals surface area contributed by atoms with E-state index in [1.807, 2.05) is 44.4 Å². The van der Waals surface area contributed by atoms with Crippen LogP contribution >= 0.6 is 0 Å². The minimum absolute atomic E-state index is 0.508. The molecule has 1 unspecified atom stereocenters. The van der Waals surface area contributed by atoms with Crippen molar-refractivity contribution in [2.24, 2.45) is 7.05 Å². The van der Waals surface area contributed by atoms with Crippen molar-refractivity contribution in [3.8, 4) is 11.3 Å². The number of benzene rings is 1. The Labute approximate surface area is 158 Å². The van der Waals surface area contributed by atoms with Gasteiger partial charge in [0, 0.05) is 38.7 Å². The number of aliphatic hydroxyl groups excluding tert-OH is 1. The van der Waals surface area contributed by atoms with E-state index in [4.69, 9.17) is 4.74 Å². The van der Waals surface area contributed by atoms with Crippen molar-refractivity contribution in [1.82, 2.24) is 25.1 Å². The summed E-state index contributed by atoms with van der Waals surface area (Å²) in [6.07, 6.45) is 4.63. The van der Waals surface area contributed by atoms with Crippen LogP contribution in [0.15, 0.2) is 42.9 Å². The van der Waals surface area contributed by atoms with E-state index in [1.54, 1.807) is 24.2 Å². The molecule has 3 N–H and O–H groups in total. The molecule has 0 saturated heterocycles. The van der Waals surface area contributed by atoms with Crippen molar-refractivity contribution >= 4 is 11.6 Å². The highest BCUT2D eigenvalue weighted by atomic mass is 16.5. The van der Waals surface area contributed by atoms with Crippen LogP contribution in [0.3, 0.4) is 0 Å². The van der Waals surface area contributed by atoms with E-state index >= 15 is 0 Å². The molecule has 0 radical (unpaired) electrons. The molecule has 0 aliphatic rings. The fraction of sp³-hybridized carbons (Fsp3) is 0.316. The fourth-order valence-corrected chi connectivity index (χ4v) is 2.65. The van der Waals surface area contributed by atoms with Gasteiger partial charge in [0.2, 0.25) is 5.95 Å². The molecule has 0 saturated carbocycles. The number of anilines is 2. The largest absolute Gasteiger partial charge is 0.383 e. The highest BCUT2D eigenvalue weighted by molar-refractivity contribution is 5.65. The zero-order valence-electron chi connectivity index (χ0n) is 15.7. The van der Waals surface area contributed by atoms with Crippen molar-refractivity contribution in [2.75, 3.05) is 25.6 Å². The molecular formula is C19H24N6O2. The number of aryl methyl sites for hydroxylation is 2. The summed E-state index contributed by atoms with van der Waals surface area (Å²) in [6.45, 7) is 3.09. The first-order valence-corrected chi connectivity index (χ1v) is 8.67. The summed E-state index contributed by atoms with van der Waals surface area (Å²) < 4.78 is 6.68. The molecular weight excluding hydrogens is 344 g/mol. The number of nitrogens with zero attached hydrogens (tertiary/aromatic N) is 4. The Kier molecular flexibility index (Phi) is 6.12. The van der Waals surface area contributed by atoms with Crippen LogP contribution in [0, 0.1) is 6.92 Å². The van der Waals surface area contributed by atoms with Gasteiger partial charge in [-0.3, -0.25) is 10.00 Å². The Morgan fingerprint density at radius 3 is 2.67 bits per heavy atom. The molecule has 8 heteroatoms. The number of methoxy groups -OCH3 is 1. The molecule has 27 heavy (non-hydrogen) atoms. The van der Waals surface area contributed by atoms with Crippen molar-refractivity contribution in [1.29, 1.82) is 0 Å². The van der Waals surface area contributed by atoms with Crippen molar-refractivity contribution in [3.05, 3.63) is 54.0 Å². The molecule has 3 rings (SSSR count). The van der Waals surface area contributed by atoms with Gasteiger partial charge in [-0.15, -0.1) is 0 Å². The van der Waals surface area contributed by atoms with Gasteiger partial charge in [-0.05, 0) is 18.1 Å². The molecule has 0 aliphatic heterocycles. The maximum absolute atomic E-state index is 10.2. The Hall–Kier alpha value is -2.81. The molecule has 2 aromatic heterocycles. The van der Waals surface area contributed by atoms with Gasteiger partial charge in [-0.2, -0.15) is 5.10 Å². The predicted molar refractivity (Wildman–Crippen MR) is 104 cm³/mol. The van der Waals surface area contributed by atoms with E-state index in [-0.39, 0.29) is 0 Å². The Balaban J connectivity index is 1.76. The fourth-order valence-electron chi connectivity index (χ4n) is 2.65. The lowest BCUT2D eigenvalue weighted by Gasteiger charge is -2.14. The average molecular weight is 368 g/mol. The lowest BCUT2D eigenvalue weighted by atomic mass is 10.1. The van der Waals surface area contributed by atoms with Crippen LogP contribution in [-0.2, 0) is 11.8 Å². The quantitative estimate of drug-likeness (QED) is 0.414. The van der Waals surface area contributed by atoms with E-state index in [9.17, 15) is 5.11 Å². The van der Waals surface area contributed by atoms with Gasteiger partial charge >= 0.3 is 0 Å². The molecule has 142 valence electrons. The summed E-state index contributed by atoms with van der Waals surface area (Å²) in [4.78, 5) is 8.96. The molecule has 1 atom stereocenters. The SMILES string of the molecule is COCCNC(O)c1ccc(-c2nc(Nc3cnn(C)c3)ncc2C)cc1. The first-order chi connectivity index (χ1) is 13.1. The van der Waals surface area contributed by atoms with Crippen LogP contribution in [0.1, 0.15) is 17.4 Å². The standard InChI is InChI=1S/C19H24N6O2/c1-13-10-21-19(23-16-11-22-25(2)12-16)24-17(13)14-4-6-15(7-5-14)18(26)20-8-9-27-3/h4-7,10-12,18,20,26H,8-9H2,1-3H3,(H,21,23,24). The summed E-state index contributed by atoms with van der Waals surface area (Å²) in [5, 5.41) is 20.4. The summed E-state index contributed by atoms with van der Waals surface area (Å²) in [5.41, 5.74) is 4.38. The van der Waals surface area contributed by atoms with Crippen LogP contribution in [0.5, 0.6) is 0 Å². The highest BCUT2D eigenvalue weighted by Crippen LogP contribution is 2.24. The third-order valence-electron chi connectivity index (χ3n) is 4.08. The second-order valence-electron chi connectivity index (χ2n) is 6.22. The van der Waals surface area contributed by atoms with E-state index in [0.29, 0.717) is 19.1 Å². The Morgan fingerprint density at radius 2 is 2.00 bits per heavy atom. The number of nitrogens with one attached hydrogen (secondary N) is 2. The van der Waals surface area contributed by atoms with Crippen LogP contribution in [-0.4, -0.2) is 45.1 Å². The van der Waals surface area contributed by atoms with Crippen molar-refractivity contribution in [2.45, 2.75) is 13.2 Å². The third kappa shape index (κ3) is 4.88. The number of aliphatic hydroxyl groups is 1. The average Bonchev–Trinajstić information content (AvgIpc) is 3.08. The minimum Gasteiger partial charge on any atom is -0.383 e. The van der Waals surface area contributed by atoms with Crippen LogP contribution < -0.4 is 10.6 Å². The maximum atomic E-state index is 10.2. The maximum Gasteiger partial charge on any atom is 0.227 e. The topological polar surface area (TPSA) is 97.1 Å². The van der Waals surface area contributed by atoms with Crippen molar-refractivity contribution in [3.63, 3.8) is 0 Å². The van der Waals surface area contributed by atoms with Gasteiger partial charge in [-0.1, -0.05) is 24.3 Å². The van der Waals surface area contributed by atoms with Gasteiger partial charge in [-0.25, -0.2) is 9.97 Å². The van der Waals surface area contributed by atoms with Crippen LogP contribution in [0.25, 0.3) is 11.3 Å². The first kappa shape index (κ1) is 19.0. The number of ether oxygens (including phenoxy) is 1. The molecule has 2 heterocycles. The number of hydrogen-bond acceptors (Lipinski definition) is 7. The second kappa shape index (κ2) is 8.72. The molecule has 0 bridgehead atoms. The lowest BCUT2D eigenvalue weighted by Crippen LogP contribution is -2.24. The molecule has 0 aliphatic carbocycles. The molecule has 0 amide bonds. The Morgan fingerprint density at radius 1 is 1.22 bits per heavy atom. The first-order valence-electron chi connectivity index (χ1n) is 8.67.